The molecule has 0 saturated carbocycles. The first-order chi connectivity index (χ1) is 12.6. The van der Waals surface area contributed by atoms with E-state index in [-0.39, 0.29) is 24.8 Å². The Kier molecular flexibility index (Phi) is 14.8. The normalized spacial score (nSPS) is 10.3. The van der Waals surface area contributed by atoms with Gasteiger partial charge in [-0.15, -0.1) is 24.8 Å². The molecule has 2 aromatic rings. The van der Waals surface area contributed by atoms with Crippen molar-refractivity contribution in [2.45, 2.75) is 33.4 Å². The van der Waals surface area contributed by atoms with E-state index in [9.17, 15) is 0 Å². The minimum absolute atomic E-state index is 0. The molecule has 0 aliphatic carbocycles. The van der Waals surface area contributed by atoms with Gasteiger partial charge in [0.1, 0.15) is 12.4 Å². The van der Waals surface area contributed by atoms with Crippen molar-refractivity contribution in [1.29, 1.82) is 0 Å². The summed E-state index contributed by atoms with van der Waals surface area (Å²) in [4.78, 5) is 2.44. The average molecular weight is 468 g/mol. The van der Waals surface area contributed by atoms with Crippen molar-refractivity contribution < 1.29 is 4.74 Å². The van der Waals surface area contributed by atoms with E-state index in [0.717, 1.165) is 56.0 Å². The molecule has 2 aromatic carbocycles. The van der Waals surface area contributed by atoms with Crippen LogP contribution in [0.5, 0.6) is 5.75 Å². The molecule has 7 heteroatoms. The summed E-state index contributed by atoms with van der Waals surface area (Å²) in [5.41, 5.74) is 2.08. The van der Waals surface area contributed by atoms with Gasteiger partial charge in [0.2, 0.25) is 0 Å². The molecule has 0 bridgehead atoms. The summed E-state index contributed by atoms with van der Waals surface area (Å²) in [6, 6.07) is 13.6. The van der Waals surface area contributed by atoms with E-state index in [2.05, 4.69) is 30.1 Å². The van der Waals surface area contributed by atoms with Crippen LogP contribution in [0.25, 0.3) is 0 Å². The van der Waals surface area contributed by atoms with Gasteiger partial charge in [-0.05, 0) is 50.8 Å². The molecule has 0 aromatic heterocycles. The van der Waals surface area contributed by atoms with E-state index in [4.69, 9.17) is 27.9 Å². The highest BCUT2D eigenvalue weighted by molar-refractivity contribution is 6.35. The highest BCUT2D eigenvalue weighted by Crippen LogP contribution is 2.24. The number of nitrogens with zero attached hydrogens (tertiary/aromatic N) is 1. The maximum absolute atomic E-state index is 6.22. The van der Waals surface area contributed by atoms with Gasteiger partial charge >= 0.3 is 0 Å². The SMILES string of the molecule is CCN(CC)CCCNCc1ccccc1OCc1ccc(Cl)cc1Cl.Cl.Cl. The molecular formula is C21H30Cl4N2O. The minimum Gasteiger partial charge on any atom is -0.489 e. The van der Waals surface area contributed by atoms with Crippen molar-refractivity contribution in [1.82, 2.24) is 10.2 Å². The van der Waals surface area contributed by atoms with Crippen LogP contribution < -0.4 is 10.1 Å². The molecular weight excluding hydrogens is 438 g/mol. The largest absolute Gasteiger partial charge is 0.489 e. The second kappa shape index (κ2) is 15.2. The predicted molar refractivity (Wildman–Crippen MR) is 126 cm³/mol. The zero-order valence-electron chi connectivity index (χ0n) is 16.4. The van der Waals surface area contributed by atoms with Crippen LogP contribution in [0.2, 0.25) is 10.0 Å². The number of rotatable bonds is 11. The molecule has 0 heterocycles. The Hall–Kier alpha value is -0.680. The van der Waals surface area contributed by atoms with Crippen molar-refractivity contribution in [2.24, 2.45) is 0 Å². The molecule has 0 spiro atoms. The van der Waals surface area contributed by atoms with E-state index in [0.29, 0.717) is 16.7 Å². The minimum atomic E-state index is 0. The second-order valence-electron chi connectivity index (χ2n) is 6.19. The molecule has 0 atom stereocenters. The van der Waals surface area contributed by atoms with Crippen molar-refractivity contribution in [2.75, 3.05) is 26.2 Å². The Morgan fingerprint density at radius 3 is 2.36 bits per heavy atom. The van der Waals surface area contributed by atoms with Crippen molar-refractivity contribution in [3.05, 3.63) is 63.6 Å². The van der Waals surface area contributed by atoms with Crippen LogP contribution in [-0.2, 0) is 13.2 Å². The van der Waals surface area contributed by atoms with Gasteiger partial charge in [-0.1, -0.05) is 61.3 Å². The van der Waals surface area contributed by atoms with Crippen molar-refractivity contribution in [3.63, 3.8) is 0 Å². The van der Waals surface area contributed by atoms with E-state index < -0.39 is 0 Å². The molecule has 0 saturated heterocycles. The number of benzene rings is 2. The summed E-state index contributed by atoms with van der Waals surface area (Å²) in [5, 5.41) is 4.77. The summed E-state index contributed by atoms with van der Waals surface area (Å²) in [6.07, 6.45) is 1.14. The second-order valence-corrected chi connectivity index (χ2v) is 7.03. The van der Waals surface area contributed by atoms with Crippen LogP contribution in [-0.4, -0.2) is 31.1 Å². The lowest BCUT2D eigenvalue weighted by Crippen LogP contribution is -2.27. The zero-order valence-corrected chi connectivity index (χ0v) is 19.6. The lowest BCUT2D eigenvalue weighted by atomic mass is 10.2. The Balaban J connectivity index is 0.00000364. The molecule has 158 valence electrons. The Labute approximate surface area is 191 Å². The van der Waals surface area contributed by atoms with Crippen molar-refractivity contribution in [3.8, 4) is 5.75 Å². The third kappa shape index (κ3) is 9.21. The number of para-hydroxylation sites is 1. The Bertz CT molecular complexity index is 681. The van der Waals surface area contributed by atoms with Gasteiger partial charge in [-0.3, -0.25) is 0 Å². The summed E-state index contributed by atoms with van der Waals surface area (Å²) in [5.74, 6) is 0.884. The number of nitrogens with one attached hydrogen (secondary N) is 1. The van der Waals surface area contributed by atoms with E-state index >= 15 is 0 Å². The molecule has 1 N–H and O–H groups in total. The predicted octanol–water partition coefficient (Wildman–Crippen LogP) is 6.24. The van der Waals surface area contributed by atoms with Gasteiger partial charge in [0.05, 0.1) is 0 Å². The highest BCUT2D eigenvalue weighted by atomic mass is 35.5. The monoisotopic (exact) mass is 466 g/mol. The Morgan fingerprint density at radius 1 is 0.964 bits per heavy atom. The fraction of sp³-hybridized carbons (Fsp3) is 0.429. The summed E-state index contributed by atoms with van der Waals surface area (Å²) < 4.78 is 6.00. The third-order valence-corrected chi connectivity index (χ3v) is 5.00. The fourth-order valence-electron chi connectivity index (χ4n) is 2.78. The molecule has 0 radical (unpaired) electrons. The Morgan fingerprint density at radius 2 is 1.68 bits per heavy atom. The quantitative estimate of drug-likeness (QED) is 0.396. The van der Waals surface area contributed by atoms with Crippen LogP contribution in [0.15, 0.2) is 42.5 Å². The zero-order chi connectivity index (χ0) is 18.8. The first kappa shape index (κ1) is 27.3. The smallest absolute Gasteiger partial charge is 0.124 e. The van der Waals surface area contributed by atoms with Crippen LogP contribution in [0.1, 0.15) is 31.4 Å². The standard InChI is InChI=1S/C21H28Cl2N2O.2ClH/c1-3-25(4-2)13-7-12-24-15-17-8-5-6-9-21(17)26-16-18-10-11-19(22)14-20(18)23;;/h5-6,8-11,14,24H,3-4,7,12-13,15-16H2,1-2H3;2*1H. The number of ether oxygens (including phenoxy) is 1. The maximum atomic E-state index is 6.22. The van der Waals surface area contributed by atoms with Gasteiger partial charge in [0, 0.05) is 27.7 Å². The van der Waals surface area contributed by atoms with E-state index in [1.807, 2.05) is 30.3 Å². The highest BCUT2D eigenvalue weighted by Gasteiger charge is 2.06. The summed E-state index contributed by atoms with van der Waals surface area (Å²) >= 11 is 12.2. The van der Waals surface area contributed by atoms with E-state index in [1.165, 1.54) is 0 Å². The molecule has 0 fully saturated rings. The molecule has 0 unspecified atom stereocenters. The van der Waals surface area contributed by atoms with Gasteiger partial charge in [0.25, 0.3) is 0 Å². The lowest BCUT2D eigenvalue weighted by molar-refractivity contribution is 0.295. The lowest BCUT2D eigenvalue weighted by Gasteiger charge is -2.18. The molecule has 2 rings (SSSR count). The van der Waals surface area contributed by atoms with Gasteiger partial charge in [-0.2, -0.15) is 0 Å². The third-order valence-electron chi connectivity index (χ3n) is 4.41. The van der Waals surface area contributed by atoms with Gasteiger partial charge in [0.15, 0.2) is 0 Å². The van der Waals surface area contributed by atoms with Gasteiger partial charge in [-0.25, -0.2) is 0 Å². The maximum Gasteiger partial charge on any atom is 0.124 e. The molecule has 0 amide bonds. The van der Waals surface area contributed by atoms with Gasteiger partial charge < -0.3 is 15.0 Å². The van der Waals surface area contributed by atoms with Crippen LogP contribution in [0, 0.1) is 0 Å². The topological polar surface area (TPSA) is 24.5 Å². The first-order valence-electron chi connectivity index (χ1n) is 9.21. The number of hydrogen-bond donors (Lipinski definition) is 1. The summed E-state index contributed by atoms with van der Waals surface area (Å²) in [7, 11) is 0. The number of hydrogen-bond acceptors (Lipinski definition) is 3. The fourth-order valence-corrected chi connectivity index (χ4v) is 3.24. The van der Waals surface area contributed by atoms with Crippen LogP contribution >= 0.6 is 48.0 Å². The summed E-state index contributed by atoms with van der Waals surface area (Å²) in [6.45, 7) is 9.98. The number of halogens is 4. The average Bonchev–Trinajstić information content (AvgIpc) is 2.65. The van der Waals surface area contributed by atoms with Crippen LogP contribution in [0.3, 0.4) is 0 Å². The first-order valence-corrected chi connectivity index (χ1v) is 9.97. The molecule has 3 nitrogen and oxygen atoms in total. The molecule has 0 aliphatic rings. The molecule has 28 heavy (non-hydrogen) atoms. The van der Waals surface area contributed by atoms with Crippen molar-refractivity contribution >= 4 is 48.0 Å². The van der Waals surface area contributed by atoms with Crippen LogP contribution in [0.4, 0.5) is 0 Å². The molecule has 0 aliphatic heterocycles. The van der Waals surface area contributed by atoms with E-state index in [1.54, 1.807) is 6.07 Å².